The lowest BCUT2D eigenvalue weighted by atomic mass is 10.3. The van der Waals surface area contributed by atoms with Gasteiger partial charge in [-0.15, -0.1) is 0 Å². The van der Waals surface area contributed by atoms with Crippen molar-refractivity contribution in [1.29, 1.82) is 0 Å². The van der Waals surface area contributed by atoms with Crippen LogP contribution in [0.15, 0.2) is 15.1 Å². The number of alkyl halides is 2. The van der Waals surface area contributed by atoms with Crippen LogP contribution in [0.4, 0.5) is 14.6 Å². The molecule has 76 valence electrons. The van der Waals surface area contributed by atoms with Crippen LogP contribution < -0.4 is 0 Å². The van der Waals surface area contributed by atoms with E-state index >= 15 is 0 Å². The highest BCUT2D eigenvalue weighted by Crippen LogP contribution is 2.33. The minimum atomic E-state index is -2.92. The molecule has 0 aliphatic rings. The second-order valence-corrected chi connectivity index (χ2v) is 3.84. The Kier molecular flexibility index (Phi) is 3.48. The van der Waals surface area contributed by atoms with Crippen LogP contribution in [0.2, 0.25) is 0 Å². The summed E-state index contributed by atoms with van der Waals surface area (Å²) in [6.45, 7) is 0. The third-order valence-corrected chi connectivity index (χ3v) is 3.09. The number of halogens is 4. The van der Waals surface area contributed by atoms with Gasteiger partial charge in [0.25, 0.3) is 6.43 Å². The van der Waals surface area contributed by atoms with Crippen molar-refractivity contribution in [1.82, 2.24) is 4.98 Å². The predicted molar refractivity (Wildman–Crippen MR) is 51.2 cm³/mol. The van der Waals surface area contributed by atoms with Crippen molar-refractivity contribution in [2.45, 2.75) is 6.43 Å². The summed E-state index contributed by atoms with van der Waals surface area (Å²) >= 11 is 5.82. The van der Waals surface area contributed by atoms with Gasteiger partial charge in [-0.25, -0.2) is 8.78 Å². The van der Waals surface area contributed by atoms with E-state index in [-0.39, 0.29) is 9.08 Å². The smallest absolute Gasteiger partial charge is 0.358 e. The molecule has 1 rings (SSSR count). The number of hydrogen-bond donors (Lipinski definition) is 0. The molecule has 0 aliphatic heterocycles. The molecule has 0 atom stereocenters. The molecule has 0 radical (unpaired) electrons. The standard InChI is InChI=1S/C6H2Br2F2N2O2/c7-3-1-2(5(9)10)6(12(13)14)11-4(3)8/h1,5H. The maximum Gasteiger partial charge on any atom is 0.373 e. The first-order chi connectivity index (χ1) is 6.43. The van der Waals surface area contributed by atoms with Gasteiger partial charge in [-0.1, -0.05) is 0 Å². The number of nitrogens with zero attached hydrogens (tertiary/aromatic N) is 2. The Morgan fingerprint density at radius 2 is 2.07 bits per heavy atom. The zero-order valence-corrected chi connectivity index (χ0v) is 9.55. The zero-order chi connectivity index (χ0) is 10.9. The molecule has 1 aromatic rings. The zero-order valence-electron chi connectivity index (χ0n) is 6.38. The second kappa shape index (κ2) is 4.26. The molecular weight excluding hydrogens is 330 g/mol. The van der Waals surface area contributed by atoms with Crippen LogP contribution in [0.25, 0.3) is 0 Å². The van der Waals surface area contributed by atoms with Gasteiger partial charge in [-0.05, 0) is 31.9 Å². The summed E-state index contributed by atoms with van der Waals surface area (Å²) in [5.74, 6) is -0.838. The quantitative estimate of drug-likeness (QED) is 0.474. The highest BCUT2D eigenvalue weighted by molar-refractivity contribution is 9.13. The minimum absolute atomic E-state index is 0.119. The molecule has 0 fully saturated rings. The maximum absolute atomic E-state index is 12.3. The van der Waals surface area contributed by atoms with Gasteiger partial charge in [0.1, 0.15) is 5.56 Å². The first kappa shape index (κ1) is 11.4. The van der Waals surface area contributed by atoms with Crippen molar-refractivity contribution in [3.8, 4) is 0 Å². The molecule has 8 heteroatoms. The predicted octanol–water partition coefficient (Wildman–Crippen LogP) is 3.45. The minimum Gasteiger partial charge on any atom is -0.358 e. The normalized spacial score (nSPS) is 10.6. The molecule has 1 aromatic heterocycles. The Labute approximate surface area is 93.7 Å². The fraction of sp³-hybridized carbons (Fsp3) is 0.167. The van der Waals surface area contributed by atoms with Crippen molar-refractivity contribution < 1.29 is 13.7 Å². The summed E-state index contributed by atoms with van der Waals surface area (Å²) in [5.41, 5.74) is -0.704. The average Bonchev–Trinajstić information content (AvgIpc) is 2.08. The van der Waals surface area contributed by atoms with Crippen molar-refractivity contribution in [2.75, 3.05) is 0 Å². The molecule has 0 bridgehead atoms. The van der Waals surface area contributed by atoms with Crippen LogP contribution in [-0.2, 0) is 0 Å². The summed E-state index contributed by atoms with van der Waals surface area (Å²) in [5, 5.41) is 10.4. The summed E-state index contributed by atoms with van der Waals surface area (Å²) in [7, 11) is 0. The van der Waals surface area contributed by atoms with E-state index in [1.807, 2.05) is 0 Å². The molecule has 14 heavy (non-hydrogen) atoms. The molecule has 0 aromatic carbocycles. The number of rotatable bonds is 2. The molecule has 0 aliphatic carbocycles. The van der Waals surface area contributed by atoms with E-state index in [2.05, 4.69) is 36.8 Å². The molecule has 0 saturated carbocycles. The van der Waals surface area contributed by atoms with E-state index in [1.54, 1.807) is 0 Å². The van der Waals surface area contributed by atoms with E-state index < -0.39 is 22.7 Å². The van der Waals surface area contributed by atoms with Gasteiger partial charge in [0.2, 0.25) is 4.60 Å². The number of hydrogen-bond acceptors (Lipinski definition) is 3. The summed E-state index contributed by atoms with van der Waals surface area (Å²) in [6.07, 6.45) is -2.92. The topological polar surface area (TPSA) is 56.0 Å². The van der Waals surface area contributed by atoms with Crippen LogP contribution in [0.1, 0.15) is 12.0 Å². The van der Waals surface area contributed by atoms with Gasteiger partial charge in [0.15, 0.2) is 0 Å². The van der Waals surface area contributed by atoms with E-state index in [4.69, 9.17) is 0 Å². The molecule has 0 spiro atoms. The Morgan fingerprint density at radius 1 is 1.50 bits per heavy atom. The van der Waals surface area contributed by atoms with Crippen LogP contribution >= 0.6 is 31.9 Å². The molecular formula is C6H2Br2F2N2O2. The molecule has 0 amide bonds. The summed E-state index contributed by atoms with van der Waals surface area (Å²) < 4.78 is 25.0. The lowest BCUT2D eigenvalue weighted by Crippen LogP contribution is -1.99. The van der Waals surface area contributed by atoms with Crippen molar-refractivity contribution in [3.05, 3.63) is 30.8 Å². The highest BCUT2D eigenvalue weighted by Gasteiger charge is 2.25. The molecule has 0 unspecified atom stereocenters. The number of nitro groups is 1. The lowest BCUT2D eigenvalue weighted by molar-refractivity contribution is -0.391. The van der Waals surface area contributed by atoms with Gasteiger partial charge >= 0.3 is 5.82 Å². The van der Waals surface area contributed by atoms with Gasteiger partial charge in [0, 0.05) is 15.9 Å². The van der Waals surface area contributed by atoms with Crippen LogP contribution in [0.5, 0.6) is 0 Å². The van der Waals surface area contributed by atoms with Gasteiger partial charge in [-0.3, -0.25) is 0 Å². The summed E-state index contributed by atoms with van der Waals surface area (Å²) in [6, 6.07) is 0.972. The van der Waals surface area contributed by atoms with Gasteiger partial charge in [0.05, 0.1) is 4.47 Å². The Hall–Kier alpha value is -0.630. The van der Waals surface area contributed by atoms with Crippen LogP contribution in [0.3, 0.4) is 0 Å². The van der Waals surface area contributed by atoms with E-state index in [0.29, 0.717) is 0 Å². The fourth-order valence-electron chi connectivity index (χ4n) is 0.778. The van der Waals surface area contributed by atoms with E-state index in [1.165, 1.54) is 0 Å². The van der Waals surface area contributed by atoms with Gasteiger partial charge < -0.3 is 10.1 Å². The number of pyridine rings is 1. The van der Waals surface area contributed by atoms with Crippen LogP contribution in [-0.4, -0.2) is 9.91 Å². The highest BCUT2D eigenvalue weighted by atomic mass is 79.9. The first-order valence-corrected chi connectivity index (χ1v) is 4.80. The van der Waals surface area contributed by atoms with Crippen LogP contribution in [0, 0.1) is 10.1 Å². The monoisotopic (exact) mass is 330 g/mol. The lowest BCUT2D eigenvalue weighted by Gasteiger charge is -2.01. The fourth-order valence-corrected chi connectivity index (χ4v) is 1.40. The first-order valence-electron chi connectivity index (χ1n) is 3.22. The maximum atomic E-state index is 12.3. The van der Waals surface area contributed by atoms with E-state index in [0.717, 1.165) is 6.07 Å². The van der Waals surface area contributed by atoms with Crippen molar-refractivity contribution in [2.24, 2.45) is 0 Å². The Balaban J connectivity index is 3.39. The third kappa shape index (κ3) is 2.24. The van der Waals surface area contributed by atoms with E-state index in [9.17, 15) is 18.9 Å². The van der Waals surface area contributed by atoms with Crippen molar-refractivity contribution >= 4 is 37.7 Å². The molecule has 0 N–H and O–H groups in total. The second-order valence-electron chi connectivity index (χ2n) is 2.23. The Bertz CT molecular complexity index is 386. The average molecular weight is 332 g/mol. The molecule has 0 saturated heterocycles. The summed E-state index contributed by atoms with van der Waals surface area (Å²) in [4.78, 5) is 12.8. The molecule has 4 nitrogen and oxygen atoms in total. The SMILES string of the molecule is O=[N+]([O-])c1nc(Br)c(Br)cc1C(F)F. The third-order valence-electron chi connectivity index (χ3n) is 1.35. The van der Waals surface area contributed by atoms with Crippen molar-refractivity contribution in [3.63, 3.8) is 0 Å². The molecule has 1 heterocycles. The Morgan fingerprint density at radius 3 is 2.50 bits per heavy atom. The number of aromatic nitrogens is 1. The van der Waals surface area contributed by atoms with Gasteiger partial charge in [-0.2, -0.15) is 0 Å². The largest absolute Gasteiger partial charge is 0.373 e.